The van der Waals surface area contributed by atoms with Gasteiger partial charge in [-0.3, -0.25) is 14.7 Å². The zero-order chi connectivity index (χ0) is 17.9. The molecule has 0 aromatic carbocycles. The number of likely N-dealkylation sites (N-methyl/N-ethyl adjacent to an activating group) is 1. The number of thiophene rings is 1. The third kappa shape index (κ3) is 3.66. The van der Waals surface area contributed by atoms with E-state index in [9.17, 15) is 4.79 Å². The Morgan fingerprint density at radius 2 is 2.35 bits per heavy atom. The van der Waals surface area contributed by atoms with Gasteiger partial charge in [0.1, 0.15) is 0 Å². The van der Waals surface area contributed by atoms with Crippen molar-refractivity contribution in [3.63, 3.8) is 0 Å². The van der Waals surface area contributed by atoms with Crippen LogP contribution in [0.15, 0.2) is 40.5 Å². The lowest BCUT2D eigenvalue weighted by Crippen LogP contribution is -2.40. The Kier molecular flexibility index (Phi) is 4.77. The van der Waals surface area contributed by atoms with Crippen LogP contribution < -0.4 is 0 Å². The smallest absolute Gasteiger partial charge is 0.246 e. The van der Waals surface area contributed by atoms with Crippen molar-refractivity contribution >= 4 is 17.2 Å². The second kappa shape index (κ2) is 7.35. The van der Waals surface area contributed by atoms with E-state index in [-0.39, 0.29) is 5.91 Å². The van der Waals surface area contributed by atoms with Crippen LogP contribution >= 0.6 is 11.3 Å². The van der Waals surface area contributed by atoms with Gasteiger partial charge in [-0.15, -0.1) is 11.3 Å². The largest absolute Gasteiger partial charge is 0.337 e. The van der Waals surface area contributed by atoms with E-state index >= 15 is 0 Å². The van der Waals surface area contributed by atoms with Crippen LogP contribution in [0.2, 0.25) is 0 Å². The van der Waals surface area contributed by atoms with Crippen molar-refractivity contribution in [3.05, 3.63) is 52.3 Å². The molecule has 26 heavy (non-hydrogen) atoms. The first-order chi connectivity index (χ1) is 12.7. The number of fused-ring (bicyclic) bond motifs is 1. The molecule has 0 saturated heterocycles. The molecule has 4 rings (SSSR count). The number of hydrogen-bond donors (Lipinski definition) is 0. The van der Waals surface area contributed by atoms with E-state index < -0.39 is 0 Å². The van der Waals surface area contributed by atoms with Gasteiger partial charge in [-0.25, -0.2) is 0 Å². The summed E-state index contributed by atoms with van der Waals surface area (Å²) in [5.74, 6) is 0.943. The number of hydrogen-bond acceptors (Lipinski definition) is 7. The minimum atomic E-state index is 0.0461. The molecule has 0 fully saturated rings. The fourth-order valence-electron chi connectivity index (χ4n) is 2.98. The lowest BCUT2D eigenvalue weighted by Gasteiger charge is -2.27. The Bertz CT molecular complexity index is 892. The van der Waals surface area contributed by atoms with Crippen molar-refractivity contribution in [2.75, 3.05) is 20.1 Å². The van der Waals surface area contributed by atoms with Crippen molar-refractivity contribution in [2.24, 2.45) is 0 Å². The van der Waals surface area contributed by atoms with Gasteiger partial charge in [0.15, 0.2) is 0 Å². The molecular weight excluding hydrogens is 350 g/mol. The summed E-state index contributed by atoms with van der Waals surface area (Å²) in [5.41, 5.74) is 2.13. The number of nitrogens with zero attached hydrogens (tertiary/aromatic N) is 5. The molecule has 134 valence electrons. The summed E-state index contributed by atoms with van der Waals surface area (Å²) in [5, 5.41) is 6.08. The fourth-order valence-corrected chi connectivity index (χ4v) is 3.87. The summed E-state index contributed by atoms with van der Waals surface area (Å²) in [4.78, 5) is 26.2. The zero-order valence-electron chi connectivity index (χ0n) is 14.5. The van der Waals surface area contributed by atoms with Gasteiger partial charge >= 0.3 is 0 Å². The SMILES string of the molecule is CN(Cc1nc(-c2cccnc2)no1)C(=O)CN1CCc2sccc2C1. The van der Waals surface area contributed by atoms with Crippen LogP contribution in [0.5, 0.6) is 0 Å². The molecular formula is C18H19N5O2S. The molecule has 0 atom stereocenters. The topological polar surface area (TPSA) is 75.4 Å². The zero-order valence-corrected chi connectivity index (χ0v) is 15.3. The first kappa shape index (κ1) is 16.9. The van der Waals surface area contributed by atoms with Gasteiger partial charge in [-0.1, -0.05) is 5.16 Å². The Hall–Kier alpha value is -2.58. The molecule has 3 aromatic rings. The van der Waals surface area contributed by atoms with E-state index in [4.69, 9.17) is 4.52 Å². The average molecular weight is 369 g/mol. The summed E-state index contributed by atoms with van der Waals surface area (Å²) < 4.78 is 5.27. The van der Waals surface area contributed by atoms with Gasteiger partial charge in [-0.05, 0) is 35.6 Å². The summed E-state index contributed by atoms with van der Waals surface area (Å²) in [6, 6.07) is 5.84. The summed E-state index contributed by atoms with van der Waals surface area (Å²) in [6.07, 6.45) is 4.39. The quantitative estimate of drug-likeness (QED) is 0.686. The van der Waals surface area contributed by atoms with Crippen LogP contribution in [0.1, 0.15) is 16.3 Å². The first-order valence-corrected chi connectivity index (χ1v) is 9.31. The Morgan fingerprint density at radius 1 is 1.42 bits per heavy atom. The standard InChI is InChI=1S/C18H19N5O2S/c1-22(11-16-20-18(21-25-16)13-3-2-6-19-9-13)17(24)12-23-7-4-15-14(10-23)5-8-26-15/h2-3,5-6,8-9H,4,7,10-12H2,1H3. The Morgan fingerprint density at radius 3 is 3.19 bits per heavy atom. The molecule has 1 amide bonds. The molecule has 0 aliphatic carbocycles. The van der Waals surface area contributed by atoms with E-state index in [1.165, 1.54) is 10.4 Å². The van der Waals surface area contributed by atoms with Gasteiger partial charge in [0.05, 0.1) is 13.1 Å². The number of pyridine rings is 1. The number of aromatic nitrogens is 3. The van der Waals surface area contributed by atoms with E-state index in [1.54, 1.807) is 35.7 Å². The van der Waals surface area contributed by atoms with Crippen LogP contribution in [0.3, 0.4) is 0 Å². The van der Waals surface area contributed by atoms with Crippen molar-refractivity contribution in [2.45, 2.75) is 19.5 Å². The van der Waals surface area contributed by atoms with Crippen LogP contribution in [0.25, 0.3) is 11.4 Å². The second-order valence-corrected chi connectivity index (χ2v) is 7.33. The highest BCUT2D eigenvalue weighted by molar-refractivity contribution is 7.10. The summed E-state index contributed by atoms with van der Waals surface area (Å²) >= 11 is 1.80. The molecule has 0 bridgehead atoms. The van der Waals surface area contributed by atoms with Crippen molar-refractivity contribution in [1.82, 2.24) is 24.9 Å². The minimum absolute atomic E-state index is 0.0461. The molecule has 0 N–H and O–H groups in total. The predicted octanol–water partition coefficient (Wildman–Crippen LogP) is 2.21. The molecule has 4 heterocycles. The maximum atomic E-state index is 12.5. The molecule has 3 aromatic heterocycles. The van der Waals surface area contributed by atoms with Gasteiger partial charge in [0, 0.05) is 43.0 Å². The maximum absolute atomic E-state index is 12.5. The highest BCUT2D eigenvalue weighted by atomic mass is 32.1. The number of carbonyl (C=O) groups is 1. The molecule has 8 heteroatoms. The molecule has 0 unspecified atom stereocenters. The third-order valence-corrected chi connectivity index (χ3v) is 5.45. The lowest BCUT2D eigenvalue weighted by molar-refractivity contribution is -0.132. The predicted molar refractivity (Wildman–Crippen MR) is 97.3 cm³/mol. The molecule has 1 aliphatic rings. The summed E-state index contributed by atoms with van der Waals surface area (Å²) in [6.45, 7) is 2.45. The monoisotopic (exact) mass is 369 g/mol. The fraction of sp³-hybridized carbons (Fsp3) is 0.333. The third-order valence-electron chi connectivity index (χ3n) is 4.43. The number of rotatable bonds is 5. The Balaban J connectivity index is 1.34. The van der Waals surface area contributed by atoms with Crippen LogP contribution in [-0.4, -0.2) is 51.0 Å². The molecule has 0 saturated carbocycles. The van der Waals surface area contributed by atoms with E-state index in [0.29, 0.717) is 24.8 Å². The van der Waals surface area contributed by atoms with Crippen LogP contribution in [0, 0.1) is 0 Å². The van der Waals surface area contributed by atoms with Crippen molar-refractivity contribution in [1.29, 1.82) is 0 Å². The highest BCUT2D eigenvalue weighted by Crippen LogP contribution is 2.23. The molecule has 0 radical (unpaired) electrons. The van der Waals surface area contributed by atoms with E-state index in [0.717, 1.165) is 25.1 Å². The van der Waals surface area contributed by atoms with Gasteiger partial charge in [-0.2, -0.15) is 4.98 Å². The number of amides is 1. The van der Waals surface area contributed by atoms with Gasteiger partial charge in [0.25, 0.3) is 0 Å². The maximum Gasteiger partial charge on any atom is 0.246 e. The van der Waals surface area contributed by atoms with Crippen molar-refractivity contribution in [3.8, 4) is 11.4 Å². The molecule has 0 spiro atoms. The van der Waals surface area contributed by atoms with E-state index in [1.807, 2.05) is 12.1 Å². The lowest BCUT2D eigenvalue weighted by atomic mass is 10.1. The Labute approximate surface area is 155 Å². The van der Waals surface area contributed by atoms with Gasteiger partial charge < -0.3 is 9.42 Å². The second-order valence-electron chi connectivity index (χ2n) is 6.33. The minimum Gasteiger partial charge on any atom is -0.337 e. The normalized spacial score (nSPS) is 14.2. The summed E-state index contributed by atoms with van der Waals surface area (Å²) in [7, 11) is 1.76. The first-order valence-electron chi connectivity index (χ1n) is 8.43. The average Bonchev–Trinajstić information content (AvgIpc) is 3.31. The van der Waals surface area contributed by atoms with Crippen LogP contribution in [0.4, 0.5) is 0 Å². The highest BCUT2D eigenvalue weighted by Gasteiger charge is 2.21. The van der Waals surface area contributed by atoms with Crippen molar-refractivity contribution < 1.29 is 9.32 Å². The molecule has 7 nitrogen and oxygen atoms in total. The van der Waals surface area contributed by atoms with Gasteiger partial charge in [0.2, 0.25) is 17.6 Å². The van der Waals surface area contributed by atoms with Crippen LogP contribution in [-0.2, 0) is 24.3 Å². The van der Waals surface area contributed by atoms with E-state index in [2.05, 4.69) is 31.5 Å². The molecule has 1 aliphatic heterocycles. The number of carbonyl (C=O) groups excluding carboxylic acids is 1.